The molecule has 6 nitrogen and oxygen atoms in total. The van der Waals surface area contributed by atoms with Crippen molar-refractivity contribution in [2.75, 3.05) is 11.4 Å². The van der Waals surface area contributed by atoms with E-state index < -0.39 is 5.97 Å². The van der Waals surface area contributed by atoms with Gasteiger partial charge in [-0.05, 0) is 18.1 Å². The fourth-order valence-corrected chi connectivity index (χ4v) is 2.50. The van der Waals surface area contributed by atoms with Crippen molar-refractivity contribution in [2.45, 2.75) is 6.42 Å². The molecule has 2 heterocycles. The number of aryl methyl sites for hydroxylation is 1. The fourth-order valence-electron chi connectivity index (χ4n) is 2.50. The molecule has 0 atom stereocenters. The van der Waals surface area contributed by atoms with E-state index >= 15 is 0 Å². The van der Waals surface area contributed by atoms with Gasteiger partial charge in [0.25, 0.3) is 5.91 Å². The van der Waals surface area contributed by atoms with E-state index in [2.05, 4.69) is 5.10 Å². The molecule has 0 aliphatic carbocycles. The summed E-state index contributed by atoms with van der Waals surface area (Å²) in [4.78, 5) is 25.3. The summed E-state index contributed by atoms with van der Waals surface area (Å²) in [5.41, 5.74) is 1.86. The summed E-state index contributed by atoms with van der Waals surface area (Å²) < 4.78 is 1.35. The topological polar surface area (TPSA) is 75.4 Å². The minimum absolute atomic E-state index is 0.122. The number of carbonyl (C=O) groups excluding carboxylic acids is 1. The predicted octanol–water partition coefficient (Wildman–Crippen LogP) is 1.32. The second kappa shape index (κ2) is 4.48. The van der Waals surface area contributed by atoms with Crippen LogP contribution in [-0.2, 0) is 13.5 Å². The number of aromatic nitrogens is 2. The Kier molecular flexibility index (Phi) is 2.78. The maximum absolute atomic E-state index is 12.6. The zero-order chi connectivity index (χ0) is 14.3. The van der Waals surface area contributed by atoms with E-state index in [0.717, 1.165) is 17.7 Å². The van der Waals surface area contributed by atoms with Crippen molar-refractivity contribution in [2.24, 2.45) is 7.05 Å². The minimum atomic E-state index is -1.19. The Morgan fingerprint density at radius 3 is 2.80 bits per heavy atom. The number of carbonyl (C=O) groups is 2. The smallest absolute Gasteiger partial charge is 0.357 e. The first kappa shape index (κ1) is 12.4. The van der Waals surface area contributed by atoms with Crippen LogP contribution >= 0.6 is 0 Å². The van der Waals surface area contributed by atoms with Crippen molar-refractivity contribution in [3.05, 3.63) is 47.3 Å². The molecule has 1 N–H and O–H groups in total. The third kappa shape index (κ3) is 1.85. The Bertz CT molecular complexity index is 705. The highest BCUT2D eigenvalue weighted by Crippen LogP contribution is 2.29. The third-order valence-electron chi connectivity index (χ3n) is 3.39. The molecule has 0 bridgehead atoms. The average Bonchev–Trinajstić information content (AvgIpc) is 3.01. The molecule has 2 aromatic rings. The van der Waals surface area contributed by atoms with Gasteiger partial charge in [0.2, 0.25) is 0 Å². The normalized spacial score (nSPS) is 13.3. The van der Waals surface area contributed by atoms with Crippen LogP contribution in [0, 0.1) is 0 Å². The van der Waals surface area contributed by atoms with Gasteiger partial charge in [-0.15, -0.1) is 0 Å². The second-order valence-electron chi connectivity index (χ2n) is 4.71. The quantitative estimate of drug-likeness (QED) is 0.893. The highest BCUT2D eigenvalue weighted by molar-refractivity contribution is 6.11. The Balaban J connectivity index is 2.01. The maximum Gasteiger partial charge on any atom is 0.357 e. The molecule has 0 saturated heterocycles. The number of benzene rings is 1. The van der Waals surface area contributed by atoms with Gasteiger partial charge in [-0.25, -0.2) is 4.79 Å². The summed E-state index contributed by atoms with van der Waals surface area (Å²) in [6.45, 7) is 0.562. The molecule has 0 spiro atoms. The van der Waals surface area contributed by atoms with Gasteiger partial charge in [-0.1, -0.05) is 18.2 Å². The van der Waals surface area contributed by atoms with E-state index in [1.54, 1.807) is 11.9 Å². The minimum Gasteiger partial charge on any atom is -0.476 e. The lowest BCUT2D eigenvalue weighted by molar-refractivity contribution is 0.0685. The SMILES string of the molecule is Cn1cc(C(=O)N2CCc3ccccc32)c(C(=O)O)n1. The first-order valence-electron chi connectivity index (χ1n) is 6.24. The Hall–Kier alpha value is -2.63. The molecule has 1 aliphatic rings. The van der Waals surface area contributed by atoms with Crippen LogP contribution in [0.25, 0.3) is 0 Å². The fraction of sp³-hybridized carbons (Fsp3) is 0.214. The molecular formula is C14H13N3O3. The number of para-hydroxylation sites is 1. The number of hydrogen-bond acceptors (Lipinski definition) is 3. The van der Waals surface area contributed by atoms with Crippen molar-refractivity contribution < 1.29 is 14.7 Å². The molecular weight excluding hydrogens is 258 g/mol. The first-order valence-corrected chi connectivity index (χ1v) is 6.24. The molecule has 1 aliphatic heterocycles. The van der Waals surface area contributed by atoms with Crippen LogP contribution in [0.4, 0.5) is 5.69 Å². The summed E-state index contributed by atoms with van der Waals surface area (Å²) in [5.74, 6) is -1.51. The van der Waals surface area contributed by atoms with Crippen LogP contribution in [0.15, 0.2) is 30.5 Å². The molecule has 0 saturated carbocycles. The van der Waals surface area contributed by atoms with Gasteiger partial charge in [0.15, 0.2) is 5.69 Å². The van der Waals surface area contributed by atoms with Crippen LogP contribution in [-0.4, -0.2) is 33.3 Å². The number of nitrogens with zero attached hydrogens (tertiary/aromatic N) is 3. The van der Waals surface area contributed by atoms with Crippen LogP contribution < -0.4 is 4.90 Å². The molecule has 1 aromatic carbocycles. The maximum atomic E-state index is 12.6. The first-order chi connectivity index (χ1) is 9.58. The number of carboxylic acids is 1. The van der Waals surface area contributed by atoms with E-state index in [9.17, 15) is 9.59 Å². The lowest BCUT2D eigenvalue weighted by Gasteiger charge is -2.16. The predicted molar refractivity (Wildman–Crippen MR) is 72.0 cm³/mol. The standard InChI is InChI=1S/C14H13N3O3/c1-16-8-10(12(15-16)14(19)20)13(18)17-7-6-9-4-2-3-5-11(9)17/h2-5,8H,6-7H2,1H3,(H,19,20). The number of anilines is 1. The van der Waals surface area contributed by atoms with Gasteiger partial charge >= 0.3 is 5.97 Å². The van der Waals surface area contributed by atoms with E-state index in [-0.39, 0.29) is 17.2 Å². The third-order valence-corrected chi connectivity index (χ3v) is 3.39. The average molecular weight is 271 g/mol. The number of rotatable bonds is 2. The number of carboxylic acid groups (broad SMARTS) is 1. The van der Waals surface area contributed by atoms with Crippen molar-refractivity contribution in [3.8, 4) is 0 Å². The largest absolute Gasteiger partial charge is 0.476 e. The monoisotopic (exact) mass is 271 g/mol. The lowest BCUT2D eigenvalue weighted by atomic mass is 10.1. The zero-order valence-corrected chi connectivity index (χ0v) is 10.9. The van der Waals surface area contributed by atoms with Gasteiger partial charge in [0.05, 0.1) is 5.56 Å². The lowest BCUT2D eigenvalue weighted by Crippen LogP contribution is -2.29. The van der Waals surface area contributed by atoms with E-state index in [4.69, 9.17) is 5.11 Å². The molecule has 0 unspecified atom stereocenters. The van der Waals surface area contributed by atoms with Gasteiger partial charge < -0.3 is 10.0 Å². The van der Waals surface area contributed by atoms with Gasteiger partial charge in [-0.2, -0.15) is 5.10 Å². The Morgan fingerprint density at radius 2 is 2.05 bits per heavy atom. The summed E-state index contributed by atoms with van der Waals surface area (Å²) in [6.07, 6.45) is 2.23. The van der Waals surface area contributed by atoms with E-state index in [1.165, 1.54) is 10.9 Å². The number of amides is 1. The number of fused-ring (bicyclic) bond motifs is 1. The van der Waals surface area contributed by atoms with Crippen LogP contribution in [0.2, 0.25) is 0 Å². The summed E-state index contributed by atoms with van der Waals surface area (Å²) in [5, 5.41) is 12.9. The van der Waals surface area contributed by atoms with Crippen LogP contribution in [0.1, 0.15) is 26.4 Å². The highest BCUT2D eigenvalue weighted by atomic mass is 16.4. The van der Waals surface area contributed by atoms with Gasteiger partial charge in [-0.3, -0.25) is 9.48 Å². The van der Waals surface area contributed by atoms with Crippen molar-refractivity contribution in [1.29, 1.82) is 0 Å². The molecule has 0 fully saturated rings. The number of hydrogen-bond donors (Lipinski definition) is 1. The Labute approximate surface area is 115 Å². The van der Waals surface area contributed by atoms with Crippen molar-refractivity contribution in [1.82, 2.24) is 9.78 Å². The van der Waals surface area contributed by atoms with Gasteiger partial charge in [0, 0.05) is 25.5 Å². The molecule has 0 radical (unpaired) electrons. The van der Waals surface area contributed by atoms with Crippen molar-refractivity contribution in [3.63, 3.8) is 0 Å². The summed E-state index contributed by atoms with van der Waals surface area (Å²) in [7, 11) is 1.60. The molecule has 20 heavy (non-hydrogen) atoms. The van der Waals surface area contributed by atoms with E-state index in [1.807, 2.05) is 24.3 Å². The molecule has 1 amide bonds. The van der Waals surface area contributed by atoms with Crippen LogP contribution in [0.5, 0.6) is 0 Å². The summed E-state index contributed by atoms with van der Waals surface area (Å²) >= 11 is 0. The van der Waals surface area contributed by atoms with Gasteiger partial charge in [0.1, 0.15) is 0 Å². The molecule has 102 valence electrons. The molecule has 6 heteroatoms. The molecule has 3 rings (SSSR count). The van der Waals surface area contributed by atoms with Crippen molar-refractivity contribution >= 4 is 17.6 Å². The zero-order valence-electron chi connectivity index (χ0n) is 10.9. The number of aromatic carboxylic acids is 1. The molecule has 1 aromatic heterocycles. The highest BCUT2D eigenvalue weighted by Gasteiger charge is 2.29. The second-order valence-corrected chi connectivity index (χ2v) is 4.71. The van der Waals surface area contributed by atoms with Crippen LogP contribution in [0.3, 0.4) is 0 Å². The Morgan fingerprint density at radius 1 is 1.30 bits per heavy atom. The van der Waals surface area contributed by atoms with E-state index in [0.29, 0.717) is 6.54 Å². The summed E-state index contributed by atoms with van der Waals surface area (Å²) in [6, 6.07) is 7.65.